The highest BCUT2D eigenvalue weighted by atomic mass is 19.1. The first-order valence-electron chi connectivity index (χ1n) is 11.4. The number of hydrogen-bond acceptors (Lipinski definition) is 9. The van der Waals surface area contributed by atoms with E-state index in [4.69, 9.17) is 25.5 Å². The minimum Gasteiger partial charge on any atom is -0.497 e. The summed E-state index contributed by atoms with van der Waals surface area (Å²) in [6.07, 6.45) is 1.29. The summed E-state index contributed by atoms with van der Waals surface area (Å²) in [4.78, 5) is 33.3. The number of carbonyl (C=O) groups excluding carboxylic acids is 1. The summed E-state index contributed by atoms with van der Waals surface area (Å²) in [5, 5.41) is 23.2. The third kappa shape index (κ3) is 5.34. The average molecular weight is 539 g/mol. The summed E-state index contributed by atoms with van der Waals surface area (Å²) in [7, 11) is 2.65. The van der Waals surface area contributed by atoms with Gasteiger partial charge < -0.3 is 25.3 Å². The van der Waals surface area contributed by atoms with Crippen LogP contribution in [-0.4, -0.2) is 46.0 Å². The molecule has 0 aliphatic carbocycles. The number of nitrogens with zero attached hydrogens (tertiary/aromatic N) is 4. The second-order valence-corrected chi connectivity index (χ2v) is 8.14. The van der Waals surface area contributed by atoms with Crippen molar-refractivity contribution >= 4 is 17.5 Å². The number of nitrogens with one attached hydrogen (secondary N) is 2. The van der Waals surface area contributed by atoms with E-state index in [9.17, 15) is 14.8 Å². The lowest BCUT2D eigenvalue weighted by Crippen LogP contribution is -2.38. The van der Waals surface area contributed by atoms with Crippen LogP contribution in [0.3, 0.4) is 0 Å². The molecule has 202 valence electrons. The van der Waals surface area contributed by atoms with Crippen LogP contribution in [0.25, 0.3) is 5.82 Å². The van der Waals surface area contributed by atoms with Crippen molar-refractivity contribution in [2.24, 2.45) is 5.73 Å². The fourth-order valence-corrected chi connectivity index (χ4v) is 3.84. The monoisotopic (exact) mass is 538 g/mol. The number of H-pyrrole nitrogens is 1. The Morgan fingerprint density at radius 3 is 2.51 bits per heavy atom. The van der Waals surface area contributed by atoms with Gasteiger partial charge in [0.15, 0.2) is 23.4 Å². The maximum Gasteiger partial charge on any atom is 0.440 e. The number of anilines is 1. The Balaban J connectivity index is 2.00. The number of hydrogen-bond donors (Lipinski definition) is 4. The van der Waals surface area contributed by atoms with Crippen LogP contribution in [0.4, 0.5) is 10.1 Å². The Bertz CT molecular complexity index is 1580. The largest absolute Gasteiger partial charge is 0.497 e. The maximum atomic E-state index is 15.8. The first kappa shape index (κ1) is 26.7. The van der Waals surface area contributed by atoms with Crippen molar-refractivity contribution in [2.75, 3.05) is 19.3 Å². The number of benzene rings is 2. The molecule has 2 heterocycles. The van der Waals surface area contributed by atoms with Gasteiger partial charge >= 0.3 is 17.5 Å². The highest BCUT2D eigenvalue weighted by Gasteiger charge is 2.36. The molecule has 2 aromatic carbocycles. The molecule has 0 saturated carbocycles. The summed E-state index contributed by atoms with van der Waals surface area (Å²) in [5.74, 6) is -1.93. The molecular formula is C25H25FN7O6+. The van der Waals surface area contributed by atoms with Crippen molar-refractivity contribution in [2.45, 2.75) is 13.0 Å². The topological polar surface area (TPSA) is 173 Å². The summed E-state index contributed by atoms with van der Waals surface area (Å²) in [6.45, 7) is 1.15. The third-order valence-corrected chi connectivity index (χ3v) is 5.61. The molecule has 39 heavy (non-hydrogen) atoms. The number of halogens is 1. The van der Waals surface area contributed by atoms with E-state index in [-0.39, 0.29) is 40.2 Å². The van der Waals surface area contributed by atoms with Gasteiger partial charge in [0.2, 0.25) is 0 Å². The van der Waals surface area contributed by atoms with Gasteiger partial charge in [0.05, 0.1) is 19.9 Å². The van der Waals surface area contributed by atoms with Gasteiger partial charge in [-0.25, -0.2) is 9.18 Å². The van der Waals surface area contributed by atoms with E-state index in [2.05, 4.69) is 10.1 Å². The predicted octanol–water partition coefficient (Wildman–Crippen LogP) is 1.60. The van der Waals surface area contributed by atoms with E-state index in [0.717, 1.165) is 16.7 Å². The van der Waals surface area contributed by atoms with Crippen molar-refractivity contribution in [3.63, 3.8) is 0 Å². The number of hydroxylamine groups is 1. The van der Waals surface area contributed by atoms with Crippen molar-refractivity contribution < 1.29 is 33.4 Å². The first-order valence-corrected chi connectivity index (χ1v) is 11.4. The van der Waals surface area contributed by atoms with Crippen LogP contribution in [0, 0.1) is 11.2 Å². The van der Waals surface area contributed by atoms with Gasteiger partial charge in [0.1, 0.15) is 17.8 Å². The molecule has 0 fully saturated rings. The standard InChI is InChI=1S/C25H24FN7O6/c1-14(34)39-33(16-9-7-15(8-10-16)23(27)28)22(18-12-17(37-2)13-19(38-3)21(18)26)24-29-25(35)32(30-24)20-6-4-5-11-31(20)36/h4-13,22H,1-3H3,(H4-,27,28,29,30,35,36)/p+1. The molecule has 0 radical (unpaired) electrons. The molecular weight excluding hydrogens is 513 g/mol. The van der Waals surface area contributed by atoms with Gasteiger partial charge in [-0.05, 0) is 45.8 Å². The summed E-state index contributed by atoms with van der Waals surface area (Å²) in [6, 6.07) is 11.8. The number of carbonyl (C=O) groups is 1. The summed E-state index contributed by atoms with van der Waals surface area (Å²) < 4.78 is 27.9. The van der Waals surface area contributed by atoms with E-state index < -0.39 is 23.5 Å². The summed E-state index contributed by atoms with van der Waals surface area (Å²) in [5.41, 5.74) is 5.29. The number of pyridine rings is 1. The van der Waals surface area contributed by atoms with Crippen LogP contribution in [0.1, 0.15) is 29.9 Å². The fraction of sp³-hybridized carbons (Fsp3) is 0.160. The first-order chi connectivity index (χ1) is 18.6. The van der Waals surface area contributed by atoms with Gasteiger partial charge in [-0.2, -0.15) is 5.06 Å². The molecule has 1 unspecified atom stereocenters. The highest BCUT2D eigenvalue weighted by molar-refractivity contribution is 5.95. The Hall–Kier alpha value is -5.40. The summed E-state index contributed by atoms with van der Waals surface area (Å²) >= 11 is 0. The van der Waals surface area contributed by atoms with Crippen LogP contribution < -0.4 is 30.7 Å². The number of nitrogen functional groups attached to an aromatic ring is 1. The maximum absolute atomic E-state index is 15.8. The number of aromatic nitrogens is 4. The van der Waals surface area contributed by atoms with E-state index in [1.165, 1.54) is 68.9 Å². The molecule has 0 amide bonds. The Morgan fingerprint density at radius 1 is 1.21 bits per heavy atom. The van der Waals surface area contributed by atoms with Crippen LogP contribution in [0.15, 0.2) is 65.6 Å². The average Bonchev–Trinajstić information content (AvgIpc) is 3.29. The minimum absolute atomic E-state index is 0.0164. The number of rotatable bonds is 9. The molecule has 5 N–H and O–H groups in total. The van der Waals surface area contributed by atoms with Gasteiger partial charge in [-0.3, -0.25) is 15.2 Å². The smallest absolute Gasteiger partial charge is 0.440 e. The number of methoxy groups -OCH3 is 2. The zero-order valence-electron chi connectivity index (χ0n) is 21.1. The van der Waals surface area contributed by atoms with Gasteiger partial charge in [0.25, 0.3) is 0 Å². The lowest BCUT2D eigenvalue weighted by molar-refractivity contribution is -0.899. The number of amidine groups is 1. The quantitative estimate of drug-likeness (QED) is 0.0812. The number of aromatic amines is 1. The molecule has 0 spiro atoms. The predicted molar refractivity (Wildman–Crippen MR) is 135 cm³/mol. The molecule has 0 aliphatic rings. The molecule has 1 atom stereocenters. The zero-order chi connectivity index (χ0) is 28.3. The van der Waals surface area contributed by atoms with Crippen LogP contribution in [-0.2, 0) is 9.63 Å². The molecule has 14 heteroatoms. The Morgan fingerprint density at radius 2 is 1.92 bits per heavy atom. The van der Waals surface area contributed by atoms with Gasteiger partial charge in [-0.1, -0.05) is 11.2 Å². The van der Waals surface area contributed by atoms with Gasteiger partial charge in [0, 0.05) is 30.2 Å². The van der Waals surface area contributed by atoms with E-state index in [0.29, 0.717) is 10.3 Å². The fourth-order valence-electron chi connectivity index (χ4n) is 3.84. The molecule has 0 aliphatic heterocycles. The van der Waals surface area contributed by atoms with Crippen molar-refractivity contribution in [1.29, 1.82) is 5.41 Å². The highest BCUT2D eigenvalue weighted by Crippen LogP contribution is 2.38. The Kier molecular flexibility index (Phi) is 7.46. The number of nitrogens with two attached hydrogens (primary N) is 1. The molecule has 13 nitrogen and oxygen atoms in total. The Labute approximate surface area is 220 Å². The van der Waals surface area contributed by atoms with Crippen LogP contribution >= 0.6 is 0 Å². The SMILES string of the molecule is COc1cc(OC)c(F)c(C(c2nn(-c3cccc[n+]3O)c(=O)[nH]2)N(OC(C)=O)c2ccc(C(=N)N)cc2)c1. The molecule has 0 bridgehead atoms. The van der Waals surface area contributed by atoms with Crippen molar-refractivity contribution in [3.8, 4) is 17.3 Å². The van der Waals surface area contributed by atoms with Crippen LogP contribution in [0.5, 0.6) is 11.5 Å². The molecule has 4 rings (SSSR count). The van der Waals surface area contributed by atoms with Crippen molar-refractivity contribution in [3.05, 3.63) is 94.0 Å². The molecule has 0 saturated heterocycles. The molecule has 4 aromatic rings. The lowest BCUT2D eigenvalue weighted by Gasteiger charge is -2.30. The van der Waals surface area contributed by atoms with Crippen LogP contribution in [0.2, 0.25) is 0 Å². The second kappa shape index (κ2) is 10.9. The second-order valence-electron chi connectivity index (χ2n) is 8.14. The zero-order valence-corrected chi connectivity index (χ0v) is 21.1. The third-order valence-electron chi connectivity index (χ3n) is 5.61. The number of ether oxygens (including phenoxy) is 2. The van der Waals surface area contributed by atoms with Gasteiger partial charge in [-0.15, -0.1) is 0 Å². The minimum atomic E-state index is -1.40. The van der Waals surface area contributed by atoms with E-state index >= 15 is 4.39 Å². The lowest BCUT2D eigenvalue weighted by atomic mass is 10.0. The normalized spacial score (nSPS) is 11.5. The van der Waals surface area contributed by atoms with Crippen molar-refractivity contribution in [1.82, 2.24) is 14.8 Å². The van der Waals surface area contributed by atoms with E-state index in [1.807, 2.05) is 0 Å². The van der Waals surface area contributed by atoms with E-state index in [1.54, 1.807) is 6.07 Å². The molecule has 2 aromatic heterocycles.